The third kappa shape index (κ3) is 2.46. The zero-order valence-electron chi connectivity index (χ0n) is 10.9. The van der Waals surface area contributed by atoms with Gasteiger partial charge in [0.2, 0.25) is 0 Å². The van der Waals surface area contributed by atoms with Crippen LogP contribution in [0, 0.1) is 0 Å². The molecule has 1 aromatic rings. The number of hydrogen-bond donors (Lipinski definition) is 1. The lowest BCUT2D eigenvalue weighted by atomic mass is 9.80. The molecule has 4 heteroatoms. The first kappa shape index (κ1) is 12.6. The molecule has 1 spiro atoms. The summed E-state index contributed by atoms with van der Waals surface area (Å²) in [5.41, 5.74) is 0.0104. The van der Waals surface area contributed by atoms with Gasteiger partial charge >= 0.3 is 0 Å². The minimum atomic E-state index is 0.0104. The molecule has 100 valence electrons. The fraction of sp³-hybridized carbons (Fsp3) is 0.786. The summed E-state index contributed by atoms with van der Waals surface area (Å²) in [6.45, 7) is 1.80. The lowest BCUT2D eigenvalue weighted by Crippen LogP contribution is -2.52. The van der Waals surface area contributed by atoms with Crippen molar-refractivity contribution in [3.05, 3.63) is 16.6 Å². The van der Waals surface area contributed by atoms with Crippen molar-refractivity contribution in [2.45, 2.75) is 56.6 Å². The number of aromatic nitrogens is 1. The Labute approximate surface area is 113 Å². The first-order chi connectivity index (χ1) is 8.91. The summed E-state index contributed by atoms with van der Waals surface area (Å²) in [5.74, 6) is 0. The molecule has 0 aromatic carbocycles. The molecule has 0 amide bonds. The Kier molecular flexibility index (Phi) is 3.97. The second kappa shape index (κ2) is 5.68. The molecular weight excluding hydrogens is 244 g/mol. The molecule has 1 aromatic heterocycles. The third-order valence-corrected chi connectivity index (χ3v) is 5.10. The van der Waals surface area contributed by atoms with Gasteiger partial charge in [0.25, 0.3) is 0 Å². The molecule has 0 bridgehead atoms. The molecule has 1 unspecified atom stereocenters. The van der Waals surface area contributed by atoms with Gasteiger partial charge in [-0.25, -0.2) is 4.98 Å². The van der Waals surface area contributed by atoms with Crippen LogP contribution in [0.3, 0.4) is 0 Å². The number of nitrogens with one attached hydrogen (secondary N) is 1. The van der Waals surface area contributed by atoms with Gasteiger partial charge in [-0.05, 0) is 12.8 Å². The highest BCUT2D eigenvalue weighted by Crippen LogP contribution is 2.41. The summed E-state index contributed by atoms with van der Waals surface area (Å²) in [6, 6.07) is 0.310. The van der Waals surface area contributed by atoms with Crippen LogP contribution in [-0.2, 0) is 4.74 Å². The standard InChI is InChI=1S/C14H22N2OS/c1-2-4-6-14(7-5-3-1)12(15-8-10-17-14)13-16-9-11-18-13/h9,11-12,15H,1-8,10H2. The Morgan fingerprint density at radius 2 is 2.00 bits per heavy atom. The van der Waals surface area contributed by atoms with Gasteiger partial charge in [0.15, 0.2) is 0 Å². The zero-order valence-corrected chi connectivity index (χ0v) is 11.7. The van der Waals surface area contributed by atoms with Gasteiger partial charge in [0.1, 0.15) is 5.01 Å². The van der Waals surface area contributed by atoms with Crippen LogP contribution in [-0.4, -0.2) is 23.7 Å². The van der Waals surface area contributed by atoms with Crippen LogP contribution in [0.2, 0.25) is 0 Å². The van der Waals surface area contributed by atoms with E-state index < -0.39 is 0 Å². The topological polar surface area (TPSA) is 34.1 Å². The number of morpholine rings is 1. The van der Waals surface area contributed by atoms with Crippen LogP contribution in [0.1, 0.15) is 56.0 Å². The Bertz CT molecular complexity index is 358. The van der Waals surface area contributed by atoms with E-state index in [0.717, 1.165) is 13.2 Å². The van der Waals surface area contributed by atoms with E-state index >= 15 is 0 Å². The highest BCUT2D eigenvalue weighted by atomic mass is 32.1. The predicted octanol–water partition coefficient (Wildman–Crippen LogP) is 3.29. The van der Waals surface area contributed by atoms with E-state index in [1.54, 1.807) is 11.3 Å². The molecular formula is C14H22N2OS. The Balaban J connectivity index is 1.84. The van der Waals surface area contributed by atoms with Gasteiger partial charge in [-0.1, -0.05) is 32.1 Å². The first-order valence-electron chi connectivity index (χ1n) is 7.17. The van der Waals surface area contributed by atoms with E-state index in [4.69, 9.17) is 4.74 Å². The van der Waals surface area contributed by atoms with E-state index in [-0.39, 0.29) is 5.60 Å². The van der Waals surface area contributed by atoms with E-state index in [1.807, 2.05) is 6.20 Å². The van der Waals surface area contributed by atoms with Crippen LogP contribution < -0.4 is 5.32 Å². The third-order valence-electron chi connectivity index (χ3n) is 4.26. The molecule has 1 aliphatic heterocycles. The maximum atomic E-state index is 6.28. The smallest absolute Gasteiger partial charge is 0.112 e. The first-order valence-corrected chi connectivity index (χ1v) is 8.05. The van der Waals surface area contributed by atoms with Gasteiger partial charge in [-0.3, -0.25) is 0 Å². The highest BCUT2D eigenvalue weighted by molar-refractivity contribution is 7.09. The van der Waals surface area contributed by atoms with Crippen molar-refractivity contribution < 1.29 is 4.74 Å². The van der Waals surface area contributed by atoms with E-state index in [2.05, 4.69) is 15.7 Å². The zero-order chi connectivity index (χ0) is 12.3. The van der Waals surface area contributed by atoms with Crippen molar-refractivity contribution in [1.82, 2.24) is 10.3 Å². The van der Waals surface area contributed by atoms with Crippen molar-refractivity contribution in [2.75, 3.05) is 13.2 Å². The maximum absolute atomic E-state index is 6.28. The summed E-state index contributed by atoms with van der Waals surface area (Å²) in [6.07, 6.45) is 11.0. The minimum absolute atomic E-state index is 0.0104. The Hall–Kier alpha value is -0.450. The summed E-state index contributed by atoms with van der Waals surface area (Å²) in [7, 11) is 0. The molecule has 3 nitrogen and oxygen atoms in total. The number of rotatable bonds is 1. The molecule has 2 aliphatic rings. The van der Waals surface area contributed by atoms with E-state index in [0.29, 0.717) is 6.04 Å². The maximum Gasteiger partial charge on any atom is 0.112 e. The molecule has 2 fully saturated rings. The highest BCUT2D eigenvalue weighted by Gasteiger charge is 2.43. The number of nitrogens with zero attached hydrogens (tertiary/aromatic N) is 1. The van der Waals surface area contributed by atoms with E-state index in [9.17, 15) is 0 Å². The molecule has 1 saturated carbocycles. The second-order valence-corrected chi connectivity index (χ2v) is 6.36. The van der Waals surface area contributed by atoms with E-state index in [1.165, 1.54) is 50.0 Å². The van der Waals surface area contributed by atoms with Crippen LogP contribution in [0.15, 0.2) is 11.6 Å². The SMILES string of the molecule is c1csc(C2NCCOC23CCCCCCC3)n1. The molecule has 1 atom stereocenters. The summed E-state index contributed by atoms with van der Waals surface area (Å²) >= 11 is 1.76. The van der Waals surface area contributed by atoms with Crippen LogP contribution in [0.25, 0.3) is 0 Å². The van der Waals surface area contributed by atoms with Gasteiger partial charge < -0.3 is 10.1 Å². The van der Waals surface area contributed by atoms with Crippen molar-refractivity contribution >= 4 is 11.3 Å². The number of hydrogen-bond acceptors (Lipinski definition) is 4. The summed E-state index contributed by atoms with van der Waals surface area (Å²) < 4.78 is 6.28. The average molecular weight is 266 g/mol. The monoisotopic (exact) mass is 266 g/mol. The molecule has 1 saturated heterocycles. The minimum Gasteiger partial charge on any atom is -0.372 e. The fourth-order valence-electron chi connectivity index (χ4n) is 3.35. The summed E-state index contributed by atoms with van der Waals surface area (Å²) in [4.78, 5) is 4.52. The number of thiazole rings is 1. The van der Waals surface area contributed by atoms with Gasteiger partial charge in [-0.2, -0.15) is 0 Å². The normalized spacial score (nSPS) is 28.8. The predicted molar refractivity (Wildman–Crippen MR) is 73.9 cm³/mol. The van der Waals surface area contributed by atoms with Gasteiger partial charge in [-0.15, -0.1) is 11.3 Å². The van der Waals surface area contributed by atoms with Crippen molar-refractivity contribution in [3.63, 3.8) is 0 Å². The average Bonchev–Trinajstić information content (AvgIpc) is 2.88. The Morgan fingerprint density at radius 1 is 1.22 bits per heavy atom. The molecule has 18 heavy (non-hydrogen) atoms. The van der Waals surface area contributed by atoms with Crippen LogP contribution in [0.4, 0.5) is 0 Å². The van der Waals surface area contributed by atoms with Crippen LogP contribution in [0.5, 0.6) is 0 Å². The van der Waals surface area contributed by atoms with Crippen molar-refractivity contribution in [1.29, 1.82) is 0 Å². The Morgan fingerprint density at radius 3 is 2.72 bits per heavy atom. The summed E-state index contributed by atoms with van der Waals surface area (Å²) in [5, 5.41) is 6.93. The quantitative estimate of drug-likeness (QED) is 0.847. The van der Waals surface area contributed by atoms with Gasteiger partial charge in [0.05, 0.1) is 18.2 Å². The fourth-order valence-corrected chi connectivity index (χ4v) is 4.17. The largest absolute Gasteiger partial charge is 0.372 e. The second-order valence-electron chi connectivity index (χ2n) is 5.44. The lowest BCUT2D eigenvalue weighted by Gasteiger charge is -2.44. The lowest BCUT2D eigenvalue weighted by molar-refractivity contribution is -0.113. The van der Waals surface area contributed by atoms with Gasteiger partial charge in [0, 0.05) is 18.1 Å². The molecule has 2 heterocycles. The molecule has 1 N–H and O–H groups in total. The molecule has 1 aliphatic carbocycles. The van der Waals surface area contributed by atoms with Crippen molar-refractivity contribution in [3.8, 4) is 0 Å². The number of ether oxygens (including phenoxy) is 1. The van der Waals surface area contributed by atoms with Crippen LogP contribution >= 0.6 is 11.3 Å². The van der Waals surface area contributed by atoms with Crippen molar-refractivity contribution in [2.24, 2.45) is 0 Å². The molecule has 0 radical (unpaired) electrons. The molecule has 3 rings (SSSR count).